The van der Waals surface area contributed by atoms with Crippen molar-refractivity contribution in [2.24, 2.45) is 0 Å². The van der Waals surface area contributed by atoms with Gasteiger partial charge in [-0.1, -0.05) is 31.9 Å². The van der Waals surface area contributed by atoms with Gasteiger partial charge >= 0.3 is 0 Å². The smallest absolute Gasteiger partial charge is 0.256 e. The van der Waals surface area contributed by atoms with Crippen LogP contribution in [0.1, 0.15) is 27.8 Å². The van der Waals surface area contributed by atoms with Gasteiger partial charge in [0.1, 0.15) is 0 Å². The van der Waals surface area contributed by atoms with Gasteiger partial charge in [-0.2, -0.15) is 0 Å². The van der Waals surface area contributed by atoms with E-state index in [-0.39, 0.29) is 5.91 Å². The highest BCUT2D eigenvalue weighted by molar-refractivity contribution is 9.25. The lowest BCUT2D eigenvalue weighted by Gasteiger charge is -2.18. The molecule has 0 radical (unpaired) electrons. The summed E-state index contributed by atoms with van der Waals surface area (Å²) in [5, 5.41) is 2.93. The molecule has 1 heterocycles. The number of halogens is 2. The summed E-state index contributed by atoms with van der Waals surface area (Å²) in [6.07, 6.45) is 0. The Morgan fingerprint density at radius 2 is 1.44 bits per heavy atom. The quantitative estimate of drug-likeness (QED) is 0.711. The van der Waals surface area contributed by atoms with Crippen LogP contribution in [-0.4, -0.2) is 5.91 Å². The molecule has 0 aliphatic carbocycles. The molecule has 4 heteroatoms. The van der Waals surface area contributed by atoms with Gasteiger partial charge in [-0.25, -0.2) is 0 Å². The molecule has 0 bridgehead atoms. The summed E-state index contributed by atoms with van der Waals surface area (Å²) in [7, 11) is 0. The van der Waals surface area contributed by atoms with Gasteiger partial charge in [0, 0.05) is 5.56 Å². The van der Waals surface area contributed by atoms with Crippen molar-refractivity contribution in [3.63, 3.8) is 0 Å². The Bertz CT molecular complexity index is 506. The summed E-state index contributed by atoms with van der Waals surface area (Å²) in [6, 6.07) is 0. The van der Waals surface area contributed by atoms with Crippen LogP contribution in [-0.2, 0) is 8.03 Å². The number of fused-ring (bicyclic) bond motifs is 1. The summed E-state index contributed by atoms with van der Waals surface area (Å²) in [5.41, 5.74) is 6.75. The van der Waals surface area contributed by atoms with Gasteiger partial charge < -0.3 is 5.32 Å². The summed E-state index contributed by atoms with van der Waals surface area (Å²) in [6.45, 7) is 8.28. The molecule has 0 saturated heterocycles. The zero-order valence-corrected chi connectivity index (χ0v) is 12.8. The molecule has 0 aromatic heterocycles. The van der Waals surface area contributed by atoms with E-state index in [9.17, 15) is 4.79 Å². The fourth-order valence-electron chi connectivity index (χ4n) is 2.17. The highest BCUT2D eigenvalue weighted by Crippen LogP contribution is 2.51. The molecule has 0 unspecified atom stereocenters. The first-order valence-electron chi connectivity index (χ1n) is 5.08. The van der Waals surface area contributed by atoms with E-state index in [2.05, 4.69) is 57.9 Å². The lowest BCUT2D eigenvalue weighted by molar-refractivity contribution is -0.115. The molecule has 1 N–H and O–H groups in total. The molecule has 86 valence electrons. The van der Waals surface area contributed by atoms with Crippen molar-refractivity contribution in [1.82, 2.24) is 0 Å². The number of benzene rings is 1. The van der Waals surface area contributed by atoms with E-state index in [0.717, 1.165) is 22.4 Å². The predicted molar refractivity (Wildman–Crippen MR) is 73.6 cm³/mol. The molecule has 0 fully saturated rings. The van der Waals surface area contributed by atoms with E-state index in [0.29, 0.717) is 0 Å². The van der Waals surface area contributed by atoms with E-state index in [1.54, 1.807) is 0 Å². The van der Waals surface area contributed by atoms with Crippen LogP contribution in [0, 0.1) is 27.7 Å². The van der Waals surface area contributed by atoms with Crippen molar-refractivity contribution in [1.29, 1.82) is 0 Å². The molecule has 0 atom stereocenters. The van der Waals surface area contributed by atoms with Crippen LogP contribution in [0.5, 0.6) is 0 Å². The first-order chi connectivity index (χ1) is 7.28. The summed E-state index contributed by atoms with van der Waals surface area (Å²) >= 11 is 6.91. The fourth-order valence-corrected chi connectivity index (χ4v) is 3.36. The molecular formula is C12H13Br2NO. The van der Waals surface area contributed by atoms with Crippen LogP contribution < -0.4 is 5.32 Å². The molecule has 16 heavy (non-hydrogen) atoms. The highest BCUT2D eigenvalue weighted by atomic mass is 79.9. The van der Waals surface area contributed by atoms with Crippen LogP contribution >= 0.6 is 31.9 Å². The maximum absolute atomic E-state index is 11.9. The molecule has 0 spiro atoms. The minimum Gasteiger partial charge on any atom is -0.323 e. The number of hydrogen-bond donors (Lipinski definition) is 1. The lowest BCUT2D eigenvalue weighted by atomic mass is 9.92. The van der Waals surface area contributed by atoms with Crippen LogP contribution in [0.4, 0.5) is 5.69 Å². The average molecular weight is 347 g/mol. The van der Waals surface area contributed by atoms with Crippen molar-refractivity contribution in [3.05, 3.63) is 27.8 Å². The van der Waals surface area contributed by atoms with Gasteiger partial charge in [0.15, 0.2) is 3.23 Å². The van der Waals surface area contributed by atoms with Crippen LogP contribution in [0.2, 0.25) is 0 Å². The maximum Gasteiger partial charge on any atom is 0.256 e. The molecule has 1 amide bonds. The third-order valence-corrected chi connectivity index (χ3v) is 5.04. The Hall–Kier alpha value is -0.350. The van der Waals surface area contributed by atoms with E-state index in [1.807, 2.05) is 6.92 Å². The Morgan fingerprint density at radius 3 is 2.00 bits per heavy atom. The maximum atomic E-state index is 11.9. The standard InChI is InChI=1S/C12H13Br2NO/c1-5-6(2)8(4)10-9(7(5)3)12(13,14)11(16)15-10/h1-4H3,(H,15,16). The van der Waals surface area contributed by atoms with Gasteiger partial charge in [-0.15, -0.1) is 0 Å². The Morgan fingerprint density at radius 1 is 0.938 bits per heavy atom. The number of nitrogens with one attached hydrogen (secondary N) is 1. The zero-order chi connectivity index (χ0) is 12.2. The van der Waals surface area contributed by atoms with Crippen molar-refractivity contribution >= 4 is 43.5 Å². The number of hydrogen-bond acceptors (Lipinski definition) is 1. The van der Waals surface area contributed by atoms with E-state index in [4.69, 9.17) is 0 Å². The first kappa shape index (κ1) is 12.1. The Balaban J connectivity index is 2.87. The van der Waals surface area contributed by atoms with Crippen LogP contribution in [0.15, 0.2) is 0 Å². The summed E-state index contributed by atoms with van der Waals surface area (Å²) in [5.74, 6) is -0.0568. The van der Waals surface area contributed by atoms with Gasteiger partial charge in [-0.05, 0) is 49.9 Å². The number of anilines is 1. The van der Waals surface area contributed by atoms with Crippen molar-refractivity contribution < 1.29 is 4.79 Å². The number of alkyl halides is 2. The molecule has 2 nitrogen and oxygen atoms in total. The normalized spacial score (nSPS) is 17.2. The van der Waals surface area contributed by atoms with Gasteiger partial charge in [-0.3, -0.25) is 4.79 Å². The minimum atomic E-state index is -0.775. The van der Waals surface area contributed by atoms with E-state index >= 15 is 0 Å². The van der Waals surface area contributed by atoms with Crippen molar-refractivity contribution in [2.45, 2.75) is 30.9 Å². The zero-order valence-electron chi connectivity index (χ0n) is 9.66. The average Bonchev–Trinajstić information content (AvgIpc) is 2.45. The van der Waals surface area contributed by atoms with Gasteiger partial charge in [0.25, 0.3) is 5.91 Å². The molecule has 2 rings (SSSR count). The number of carbonyl (C=O) groups excluding carboxylic acids is 1. The Labute approximate surface area is 112 Å². The summed E-state index contributed by atoms with van der Waals surface area (Å²) < 4.78 is -0.775. The molecule has 1 aromatic rings. The lowest BCUT2D eigenvalue weighted by Crippen LogP contribution is -2.20. The predicted octanol–water partition coefficient (Wildman–Crippen LogP) is 3.81. The minimum absolute atomic E-state index is 0.0568. The highest BCUT2D eigenvalue weighted by Gasteiger charge is 2.45. The number of carbonyl (C=O) groups is 1. The van der Waals surface area contributed by atoms with Crippen LogP contribution in [0.25, 0.3) is 0 Å². The monoisotopic (exact) mass is 345 g/mol. The third kappa shape index (κ3) is 1.39. The molecule has 1 aromatic carbocycles. The van der Waals surface area contributed by atoms with E-state index in [1.165, 1.54) is 11.1 Å². The Kier molecular flexibility index (Phi) is 2.70. The molecular weight excluding hydrogens is 334 g/mol. The van der Waals surface area contributed by atoms with Gasteiger partial charge in [0.05, 0.1) is 5.69 Å². The van der Waals surface area contributed by atoms with Gasteiger partial charge in [0.2, 0.25) is 0 Å². The first-order valence-corrected chi connectivity index (χ1v) is 6.67. The van der Waals surface area contributed by atoms with Crippen molar-refractivity contribution in [3.8, 4) is 0 Å². The largest absolute Gasteiger partial charge is 0.323 e. The molecule has 1 aliphatic heterocycles. The fraction of sp³-hybridized carbons (Fsp3) is 0.417. The molecule has 0 saturated carbocycles. The van der Waals surface area contributed by atoms with Crippen molar-refractivity contribution in [2.75, 3.05) is 5.32 Å². The SMILES string of the molecule is Cc1c(C)c(C)c2c(c1C)NC(=O)C2(Br)Br. The molecule has 1 aliphatic rings. The second-order valence-electron chi connectivity index (χ2n) is 4.28. The number of amides is 1. The number of rotatable bonds is 0. The summed E-state index contributed by atoms with van der Waals surface area (Å²) in [4.78, 5) is 11.9. The van der Waals surface area contributed by atoms with Crippen LogP contribution in [0.3, 0.4) is 0 Å². The van der Waals surface area contributed by atoms with E-state index < -0.39 is 3.23 Å². The second kappa shape index (κ2) is 3.57. The second-order valence-corrected chi connectivity index (χ2v) is 7.72. The third-order valence-electron chi connectivity index (χ3n) is 3.53. The topological polar surface area (TPSA) is 29.1 Å².